The number of amides is 1. The zero-order valence-corrected chi connectivity index (χ0v) is 13.7. The van der Waals surface area contributed by atoms with Crippen LogP contribution in [0.1, 0.15) is 18.1 Å². The maximum absolute atomic E-state index is 12.6. The Balaban J connectivity index is 2.28. The third-order valence-electron chi connectivity index (χ3n) is 3.93. The zero-order chi connectivity index (χ0) is 16.6. The Morgan fingerprint density at radius 3 is 2.57 bits per heavy atom. The summed E-state index contributed by atoms with van der Waals surface area (Å²) in [6, 6.07) is 14.1. The molecule has 0 bridgehead atoms. The van der Waals surface area contributed by atoms with Gasteiger partial charge in [-0.05, 0) is 25.1 Å². The summed E-state index contributed by atoms with van der Waals surface area (Å²) >= 11 is 6.16. The second-order valence-electron chi connectivity index (χ2n) is 5.59. The number of halogens is 1. The number of carbonyl (C=O) groups is 1. The molecule has 2 unspecified atom stereocenters. The number of fused-ring (bicyclic) bond motifs is 1. The normalized spacial score (nSPS) is 19.0. The van der Waals surface area contributed by atoms with Gasteiger partial charge in [-0.15, -0.1) is 0 Å². The number of nitrogens with zero attached hydrogens (tertiary/aromatic N) is 2. The number of hydrogen-bond donors (Lipinski definition) is 1. The van der Waals surface area contributed by atoms with Crippen LogP contribution < -0.4 is 4.90 Å². The van der Waals surface area contributed by atoms with Crippen LogP contribution in [0.25, 0.3) is 0 Å². The average Bonchev–Trinajstić information content (AvgIpc) is 2.64. The van der Waals surface area contributed by atoms with E-state index in [1.165, 1.54) is 4.90 Å². The highest BCUT2D eigenvalue weighted by Gasteiger charge is 2.32. The predicted octanol–water partition coefficient (Wildman–Crippen LogP) is 2.90. The van der Waals surface area contributed by atoms with Crippen molar-refractivity contribution in [3.63, 3.8) is 0 Å². The molecule has 1 N–H and O–H groups in total. The van der Waals surface area contributed by atoms with Crippen molar-refractivity contribution in [1.29, 1.82) is 0 Å². The van der Waals surface area contributed by atoms with Crippen LogP contribution in [0.5, 0.6) is 0 Å². The largest absolute Gasteiger partial charge is 0.391 e. The molecular formula is C18H17ClN2O2. The molecule has 1 aliphatic heterocycles. The molecule has 0 spiro atoms. The van der Waals surface area contributed by atoms with Crippen LogP contribution in [0.3, 0.4) is 0 Å². The average molecular weight is 329 g/mol. The van der Waals surface area contributed by atoms with Crippen molar-refractivity contribution in [3.8, 4) is 0 Å². The van der Waals surface area contributed by atoms with E-state index in [0.717, 1.165) is 16.8 Å². The number of aliphatic imine (C=N–C) groups is 1. The lowest BCUT2D eigenvalue weighted by Gasteiger charge is -2.21. The molecule has 118 valence electrons. The van der Waals surface area contributed by atoms with Crippen LogP contribution >= 0.6 is 11.6 Å². The number of rotatable bonds is 2. The smallest absolute Gasteiger partial charge is 0.254 e. The second-order valence-corrected chi connectivity index (χ2v) is 6.02. The molecule has 0 saturated heterocycles. The molecule has 4 nitrogen and oxygen atoms in total. The highest BCUT2D eigenvalue weighted by atomic mass is 35.5. The Hall–Kier alpha value is -2.17. The lowest BCUT2D eigenvalue weighted by molar-refractivity contribution is -0.121. The molecule has 3 rings (SSSR count). The van der Waals surface area contributed by atoms with Crippen LogP contribution in [0, 0.1) is 0 Å². The zero-order valence-electron chi connectivity index (χ0n) is 12.9. The first-order valence-electron chi connectivity index (χ1n) is 7.38. The van der Waals surface area contributed by atoms with Gasteiger partial charge in [0.25, 0.3) is 5.91 Å². The number of aliphatic hydroxyl groups excluding tert-OH is 1. The van der Waals surface area contributed by atoms with Crippen molar-refractivity contribution in [2.75, 3.05) is 11.9 Å². The van der Waals surface area contributed by atoms with Gasteiger partial charge in [-0.3, -0.25) is 9.79 Å². The Bertz CT molecular complexity index is 772. The summed E-state index contributed by atoms with van der Waals surface area (Å²) in [5.74, 6) is -0.241. The van der Waals surface area contributed by atoms with Crippen molar-refractivity contribution in [2.45, 2.75) is 19.1 Å². The number of hydrogen-bond acceptors (Lipinski definition) is 3. The van der Waals surface area contributed by atoms with Crippen molar-refractivity contribution >= 4 is 28.9 Å². The molecule has 0 aliphatic carbocycles. The highest BCUT2D eigenvalue weighted by Crippen LogP contribution is 2.30. The van der Waals surface area contributed by atoms with E-state index in [9.17, 15) is 9.90 Å². The summed E-state index contributed by atoms with van der Waals surface area (Å²) in [5, 5.41) is 10.6. The first-order chi connectivity index (χ1) is 11.0. The number of anilines is 1. The number of benzene rings is 2. The van der Waals surface area contributed by atoms with E-state index in [1.54, 1.807) is 32.2 Å². The Kier molecular flexibility index (Phi) is 4.20. The molecule has 5 heteroatoms. The number of likely N-dealkylation sites (N-methyl/N-ethyl adjacent to an activating group) is 1. The van der Waals surface area contributed by atoms with Crippen LogP contribution in [-0.4, -0.2) is 35.9 Å². The molecular weight excluding hydrogens is 312 g/mol. The van der Waals surface area contributed by atoms with Gasteiger partial charge in [0.05, 0.1) is 17.5 Å². The van der Waals surface area contributed by atoms with Gasteiger partial charge in [-0.2, -0.15) is 0 Å². The summed E-state index contributed by atoms with van der Waals surface area (Å²) in [4.78, 5) is 18.7. The molecule has 23 heavy (non-hydrogen) atoms. The highest BCUT2D eigenvalue weighted by molar-refractivity contribution is 6.32. The fraction of sp³-hybridized carbons (Fsp3) is 0.222. The second kappa shape index (κ2) is 6.14. The summed E-state index contributed by atoms with van der Waals surface area (Å²) in [6.07, 6.45) is -0.881. The van der Waals surface area contributed by atoms with Gasteiger partial charge in [-0.1, -0.05) is 41.9 Å². The molecule has 2 atom stereocenters. The topological polar surface area (TPSA) is 52.9 Å². The maximum atomic E-state index is 12.6. The van der Waals surface area contributed by atoms with E-state index in [0.29, 0.717) is 10.7 Å². The third kappa shape index (κ3) is 2.87. The van der Waals surface area contributed by atoms with Gasteiger partial charge in [0, 0.05) is 23.2 Å². The van der Waals surface area contributed by atoms with Crippen molar-refractivity contribution in [2.24, 2.45) is 4.99 Å². The van der Waals surface area contributed by atoms with E-state index in [4.69, 9.17) is 11.6 Å². The molecule has 1 heterocycles. The fourth-order valence-corrected chi connectivity index (χ4v) is 2.88. The van der Waals surface area contributed by atoms with Crippen LogP contribution in [0.4, 0.5) is 5.69 Å². The van der Waals surface area contributed by atoms with E-state index < -0.39 is 12.1 Å². The SMILES string of the molecule is CC(O)C1N=C(c2ccccc2)c2cc(Cl)ccc2N(C)C1=O. The van der Waals surface area contributed by atoms with Crippen LogP contribution in [0.2, 0.25) is 5.02 Å². The number of aliphatic hydroxyl groups is 1. The minimum absolute atomic E-state index is 0.241. The van der Waals surface area contributed by atoms with Crippen molar-refractivity contribution in [1.82, 2.24) is 0 Å². The Labute approximate surface area is 140 Å². The van der Waals surface area contributed by atoms with Gasteiger partial charge in [0.2, 0.25) is 0 Å². The van der Waals surface area contributed by atoms with E-state index in [-0.39, 0.29) is 5.91 Å². The molecule has 2 aromatic rings. The summed E-state index contributed by atoms with van der Waals surface area (Å²) in [6.45, 7) is 1.57. The number of carbonyl (C=O) groups excluding carboxylic acids is 1. The molecule has 1 aliphatic rings. The molecule has 0 aromatic heterocycles. The van der Waals surface area contributed by atoms with Crippen LogP contribution in [-0.2, 0) is 4.79 Å². The first kappa shape index (κ1) is 15.7. The quantitative estimate of drug-likeness (QED) is 0.921. The van der Waals surface area contributed by atoms with Crippen molar-refractivity contribution in [3.05, 3.63) is 64.7 Å². The van der Waals surface area contributed by atoms with E-state index in [2.05, 4.69) is 4.99 Å². The molecule has 2 aromatic carbocycles. The summed E-state index contributed by atoms with van der Waals surface area (Å²) in [5.41, 5.74) is 3.05. The summed E-state index contributed by atoms with van der Waals surface area (Å²) < 4.78 is 0. The lowest BCUT2D eigenvalue weighted by atomic mass is 10.0. The van der Waals surface area contributed by atoms with E-state index >= 15 is 0 Å². The third-order valence-corrected chi connectivity index (χ3v) is 4.17. The van der Waals surface area contributed by atoms with Gasteiger partial charge in [-0.25, -0.2) is 0 Å². The van der Waals surface area contributed by atoms with Gasteiger partial charge in [0.1, 0.15) is 0 Å². The fourth-order valence-electron chi connectivity index (χ4n) is 2.71. The molecule has 1 amide bonds. The standard InChI is InChI=1S/C18H17ClN2O2/c1-11(22)16-18(23)21(2)15-9-8-13(19)10-14(15)17(20-16)12-6-4-3-5-7-12/h3-11,16,22H,1-2H3. The van der Waals surface area contributed by atoms with Gasteiger partial charge in [0.15, 0.2) is 6.04 Å². The predicted molar refractivity (Wildman–Crippen MR) is 92.4 cm³/mol. The molecule has 0 saturated carbocycles. The first-order valence-corrected chi connectivity index (χ1v) is 7.75. The number of benzodiazepines with no additional fused rings is 1. The lowest BCUT2D eigenvalue weighted by Crippen LogP contribution is -2.40. The minimum atomic E-state index is -0.881. The Morgan fingerprint density at radius 2 is 1.91 bits per heavy atom. The van der Waals surface area contributed by atoms with Crippen molar-refractivity contribution < 1.29 is 9.90 Å². The molecule has 0 radical (unpaired) electrons. The maximum Gasteiger partial charge on any atom is 0.254 e. The van der Waals surface area contributed by atoms with Crippen LogP contribution in [0.15, 0.2) is 53.5 Å². The van der Waals surface area contributed by atoms with Gasteiger partial charge < -0.3 is 10.0 Å². The monoisotopic (exact) mass is 328 g/mol. The summed E-state index contributed by atoms with van der Waals surface area (Å²) in [7, 11) is 1.69. The Morgan fingerprint density at radius 1 is 1.22 bits per heavy atom. The molecule has 0 fully saturated rings. The van der Waals surface area contributed by atoms with E-state index in [1.807, 2.05) is 30.3 Å². The van der Waals surface area contributed by atoms with Gasteiger partial charge >= 0.3 is 0 Å². The minimum Gasteiger partial charge on any atom is -0.391 e.